The molecule has 2 N–H and O–H groups in total. The lowest BCUT2D eigenvalue weighted by molar-refractivity contribution is 0.0713. The number of nitrogens with one attached hydrogen (secondary N) is 2. The van der Waals surface area contributed by atoms with Gasteiger partial charge in [0.15, 0.2) is 0 Å². The SMILES string of the molecule is Cc1ccc(C(=O)N2CCC(c3ccc(C#N)cc3)CC2)cc1NC(=O)NCc1cc(C)n(C)n1. The van der Waals surface area contributed by atoms with E-state index in [1.165, 1.54) is 5.56 Å². The maximum atomic E-state index is 13.2. The first-order chi connectivity index (χ1) is 16.8. The molecule has 35 heavy (non-hydrogen) atoms. The Hall–Kier alpha value is -4.12. The van der Waals surface area contributed by atoms with Crippen LogP contribution < -0.4 is 10.6 Å². The number of nitrogens with zero attached hydrogens (tertiary/aromatic N) is 4. The molecule has 2 heterocycles. The second-order valence-corrected chi connectivity index (χ2v) is 9.04. The average Bonchev–Trinajstić information content (AvgIpc) is 3.20. The lowest BCUT2D eigenvalue weighted by Crippen LogP contribution is -2.38. The number of hydrogen-bond donors (Lipinski definition) is 2. The van der Waals surface area contributed by atoms with Crippen LogP contribution in [0.4, 0.5) is 10.5 Å². The van der Waals surface area contributed by atoms with E-state index in [4.69, 9.17) is 5.26 Å². The molecule has 0 radical (unpaired) electrons. The Morgan fingerprint density at radius 1 is 1.09 bits per heavy atom. The predicted molar refractivity (Wildman–Crippen MR) is 134 cm³/mol. The number of carbonyl (C=O) groups is 2. The number of benzene rings is 2. The molecule has 1 aliphatic heterocycles. The number of anilines is 1. The Morgan fingerprint density at radius 2 is 1.80 bits per heavy atom. The van der Waals surface area contributed by atoms with E-state index in [0.717, 1.165) is 29.8 Å². The van der Waals surface area contributed by atoms with Crippen molar-refractivity contribution in [2.24, 2.45) is 7.05 Å². The Kier molecular flexibility index (Phi) is 7.16. The number of aromatic nitrogens is 2. The fourth-order valence-electron chi connectivity index (χ4n) is 4.38. The number of likely N-dealkylation sites (tertiary alicyclic amines) is 1. The Labute approximate surface area is 205 Å². The molecule has 8 heteroatoms. The van der Waals surface area contributed by atoms with Crippen molar-refractivity contribution in [1.82, 2.24) is 20.0 Å². The van der Waals surface area contributed by atoms with Crippen molar-refractivity contribution in [3.8, 4) is 6.07 Å². The zero-order valence-electron chi connectivity index (χ0n) is 20.3. The van der Waals surface area contributed by atoms with Crippen molar-refractivity contribution >= 4 is 17.6 Å². The summed E-state index contributed by atoms with van der Waals surface area (Å²) >= 11 is 0. The van der Waals surface area contributed by atoms with E-state index < -0.39 is 0 Å². The molecule has 0 atom stereocenters. The lowest BCUT2D eigenvalue weighted by atomic mass is 9.89. The molecule has 0 aliphatic carbocycles. The summed E-state index contributed by atoms with van der Waals surface area (Å²) in [6.45, 7) is 5.51. The number of rotatable bonds is 5. The summed E-state index contributed by atoms with van der Waals surface area (Å²) in [6, 6.07) is 16.9. The first-order valence-corrected chi connectivity index (χ1v) is 11.8. The third-order valence-electron chi connectivity index (χ3n) is 6.62. The second kappa shape index (κ2) is 10.4. The summed E-state index contributed by atoms with van der Waals surface area (Å²) < 4.78 is 1.77. The van der Waals surface area contributed by atoms with Crippen LogP contribution >= 0.6 is 0 Å². The number of aryl methyl sites for hydroxylation is 3. The highest BCUT2D eigenvalue weighted by Crippen LogP contribution is 2.29. The van der Waals surface area contributed by atoms with Gasteiger partial charge in [0.05, 0.1) is 23.9 Å². The summed E-state index contributed by atoms with van der Waals surface area (Å²) in [7, 11) is 1.86. The van der Waals surface area contributed by atoms with Crippen molar-refractivity contribution in [1.29, 1.82) is 5.26 Å². The van der Waals surface area contributed by atoms with Crippen LogP contribution in [0.1, 0.15) is 57.2 Å². The third-order valence-corrected chi connectivity index (χ3v) is 6.62. The summed E-state index contributed by atoms with van der Waals surface area (Å²) in [5, 5.41) is 19.0. The highest BCUT2D eigenvalue weighted by molar-refractivity contribution is 5.97. The van der Waals surface area contributed by atoms with Gasteiger partial charge in [-0.25, -0.2) is 4.79 Å². The Bertz CT molecular complexity index is 1240. The van der Waals surface area contributed by atoms with E-state index in [-0.39, 0.29) is 11.9 Å². The van der Waals surface area contributed by atoms with Gasteiger partial charge in [0.25, 0.3) is 5.91 Å². The number of urea groups is 1. The van der Waals surface area contributed by atoms with Gasteiger partial charge in [-0.05, 0) is 74.1 Å². The molecular formula is C27H30N6O2. The van der Waals surface area contributed by atoms with Gasteiger partial charge in [0, 0.05) is 37.1 Å². The van der Waals surface area contributed by atoms with Crippen LogP contribution in [0.2, 0.25) is 0 Å². The van der Waals surface area contributed by atoms with Crippen LogP contribution in [0, 0.1) is 25.2 Å². The number of hydrogen-bond acceptors (Lipinski definition) is 4. The van der Waals surface area contributed by atoms with Gasteiger partial charge in [0.1, 0.15) is 0 Å². The van der Waals surface area contributed by atoms with E-state index >= 15 is 0 Å². The molecule has 1 aromatic heterocycles. The van der Waals surface area contributed by atoms with Crippen LogP contribution in [0.25, 0.3) is 0 Å². The second-order valence-electron chi connectivity index (χ2n) is 9.04. The molecule has 8 nitrogen and oxygen atoms in total. The minimum absolute atomic E-state index is 0.0318. The monoisotopic (exact) mass is 470 g/mol. The highest BCUT2D eigenvalue weighted by Gasteiger charge is 2.25. The topological polar surface area (TPSA) is 103 Å². The molecular weight excluding hydrogens is 440 g/mol. The van der Waals surface area contributed by atoms with Crippen molar-refractivity contribution in [2.75, 3.05) is 18.4 Å². The van der Waals surface area contributed by atoms with Crippen LogP contribution in [-0.2, 0) is 13.6 Å². The lowest BCUT2D eigenvalue weighted by Gasteiger charge is -2.32. The molecule has 2 aromatic carbocycles. The average molecular weight is 471 g/mol. The molecule has 4 rings (SSSR count). The maximum absolute atomic E-state index is 13.2. The fraction of sp³-hybridized carbons (Fsp3) is 0.333. The molecule has 0 bridgehead atoms. The fourth-order valence-corrected chi connectivity index (χ4v) is 4.38. The van der Waals surface area contributed by atoms with Crippen LogP contribution in [0.3, 0.4) is 0 Å². The van der Waals surface area contributed by atoms with Gasteiger partial charge in [-0.3, -0.25) is 9.48 Å². The van der Waals surface area contributed by atoms with E-state index in [9.17, 15) is 9.59 Å². The maximum Gasteiger partial charge on any atom is 0.319 e. The molecule has 1 fully saturated rings. The quantitative estimate of drug-likeness (QED) is 0.582. The van der Waals surface area contributed by atoms with Gasteiger partial charge in [-0.15, -0.1) is 0 Å². The molecule has 1 aliphatic rings. The molecule has 180 valence electrons. The van der Waals surface area contributed by atoms with E-state index in [1.54, 1.807) is 10.7 Å². The first kappa shape index (κ1) is 24.0. The van der Waals surface area contributed by atoms with Gasteiger partial charge >= 0.3 is 6.03 Å². The molecule has 0 unspecified atom stereocenters. The smallest absolute Gasteiger partial charge is 0.319 e. The van der Waals surface area contributed by atoms with Crippen molar-refractivity contribution in [3.63, 3.8) is 0 Å². The van der Waals surface area contributed by atoms with Crippen molar-refractivity contribution in [2.45, 2.75) is 39.2 Å². The Balaban J connectivity index is 1.34. The van der Waals surface area contributed by atoms with E-state index in [2.05, 4.69) is 21.8 Å². The van der Waals surface area contributed by atoms with Gasteiger partial charge < -0.3 is 15.5 Å². The van der Waals surface area contributed by atoms with Gasteiger partial charge in [0.2, 0.25) is 0 Å². The number of nitriles is 1. The van der Waals surface area contributed by atoms with Crippen LogP contribution in [0.15, 0.2) is 48.5 Å². The molecule has 3 amide bonds. The van der Waals surface area contributed by atoms with Crippen LogP contribution in [0.5, 0.6) is 0 Å². The first-order valence-electron chi connectivity index (χ1n) is 11.8. The normalized spacial score (nSPS) is 13.8. The van der Waals surface area contributed by atoms with Gasteiger partial charge in [-0.1, -0.05) is 18.2 Å². The van der Waals surface area contributed by atoms with E-state index in [0.29, 0.717) is 42.4 Å². The van der Waals surface area contributed by atoms with Gasteiger partial charge in [-0.2, -0.15) is 10.4 Å². The summed E-state index contributed by atoms with van der Waals surface area (Å²) in [5.41, 5.74) is 5.72. The highest BCUT2D eigenvalue weighted by atomic mass is 16.2. The number of piperidine rings is 1. The minimum atomic E-state index is -0.343. The van der Waals surface area contributed by atoms with E-state index in [1.807, 2.05) is 68.3 Å². The zero-order valence-corrected chi connectivity index (χ0v) is 20.3. The van der Waals surface area contributed by atoms with Crippen molar-refractivity contribution < 1.29 is 9.59 Å². The third kappa shape index (κ3) is 5.69. The van der Waals surface area contributed by atoms with Crippen molar-refractivity contribution in [3.05, 3.63) is 82.2 Å². The predicted octanol–water partition coefficient (Wildman–Crippen LogP) is 4.25. The largest absolute Gasteiger partial charge is 0.339 e. The summed E-state index contributed by atoms with van der Waals surface area (Å²) in [5.74, 6) is 0.351. The molecule has 0 spiro atoms. The summed E-state index contributed by atoms with van der Waals surface area (Å²) in [6.07, 6.45) is 1.76. The number of amides is 3. The molecule has 1 saturated heterocycles. The zero-order chi connectivity index (χ0) is 24.9. The number of carbonyl (C=O) groups excluding carboxylic acids is 2. The summed E-state index contributed by atoms with van der Waals surface area (Å²) in [4.78, 5) is 27.5. The molecule has 0 saturated carbocycles. The van der Waals surface area contributed by atoms with Crippen LogP contribution in [-0.4, -0.2) is 39.7 Å². The Morgan fingerprint density at radius 3 is 2.43 bits per heavy atom. The standard InChI is InChI=1S/C27H30N6O2/c1-18-4-7-23(15-25(18)30-27(35)29-17-24-14-19(2)32(3)31-24)26(34)33-12-10-22(11-13-33)21-8-5-20(16-28)6-9-21/h4-9,14-15,22H,10-13,17H2,1-3H3,(H2,29,30,35). The minimum Gasteiger partial charge on any atom is -0.339 e. The molecule has 3 aromatic rings.